The second-order valence-electron chi connectivity index (χ2n) is 12.0. The van der Waals surface area contributed by atoms with Crippen LogP contribution in [0.4, 0.5) is 39.3 Å². The number of ether oxygens (including phenoxy) is 1. The third-order valence-electron chi connectivity index (χ3n) is 8.86. The van der Waals surface area contributed by atoms with Crippen molar-refractivity contribution in [1.82, 2.24) is 29.7 Å². The van der Waals surface area contributed by atoms with Gasteiger partial charge in [0.2, 0.25) is 16.0 Å². The molecule has 4 N–H and O–H groups in total. The topological polar surface area (TPSA) is 178 Å². The van der Waals surface area contributed by atoms with Crippen molar-refractivity contribution in [3.05, 3.63) is 52.9 Å². The van der Waals surface area contributed by atoms with Crippen LogP contribution < -0.4 is 25.0 Å². The van der Waals surface area contributed by atoms with Gasteiger partial charge in [0.15, 0.2) is 0 Å². The molecule has 2 aliphatic heterocycles. The lowest BCUT2D eigenvalue weighted by atomic mass is 9.99. The zero-order valence-corrected chi connectivity index (χ0v) is 29.9. The fraction of sp³-hybridized carbons (Fsp3) is 0.406. The number of aromatic nitrogens is 4. The molecule has 2 saturated heterocycles. The molecule has 0 spiro atoms. The van der Waals surface area contributed by atoms with Gasteiger partial charge < -0.3 is 30.3 Å². The average molecular weight is 756 g/mol. The van der Waals surface area contributed by atoms with Gasteiger partial charge in [0, 0.05) is 75.7 Å². The summed E-state index contributed by atoms with van der Waals surface area (Å²) in [7, 11) is -2.00. The monoisotopic (exact) mass is 754 g/mol. The van der Waals surface area contributed by atoms with E-state index in [9.17, 15) is 18.3 Å². The van der Waals surface area contributed by atoms with E-state index in [1.54, 1.807) is 31.6 Å². The molecule has 2 aromatic heterocycles. The second kappa shape index (κ2) is 14.6. The maximum Gasteiger partial charge on any atom is 0.407 e. The largest absolute Gasteiger partial charge is 0.494 e. The number of hydrogen-bond acceptors (Lipinski definition) is 12. The summed E-state index contributed by atoms with van der Waals surface area (Å²) in [5.41, 5.74) is 4.60. The summed E-state index contributed by atoms with van der Waals surface area (Å²) < 4.78 is 33.5. The van der Waals surface area contributed by atoms with Gasteiger partial charge in [-0.05, 0) is 59.0 Å². The van der Waals surface area contributed by atoms with Gasteiger partial charge >= 0.3 is 6.09 Å². The number of halogens is 1. The minimum atomic E-state index is -3.63. The molecule has 0 aliphatic carbocycles. The van der Waals surface area contributed by atoms with E-state index in [4.69, 9.17) is 9.72 Å². The highest BCUT2D eigenvalue weighted by molar-refractivity contribution is 9.10. The van der Waals surface area contributed by atoms with Gasteiger partial charge in [-0.1, -0.05) is 6.92 Å². The normalized spacial score (nSPS) is 16.1. The molecule has 49 heavy (non-hydrogen) atoms. The van der Waals surface area contributed by atoms with Gasteiger partial charge in [0.1, 0.15) is 17.1 Å². The van der Waals surface area contributed by atoms with Gasteiger partial charge in [-0.15, -0.1) is 0 Å². The molecular weight excluding hydrogens is 716 g/mol. The molecular formula is C32H39BrN10O5S. The fourth-order valence-corrected chi connectivity index (χ4v) is 7.27. The number of aryl methyl sites for hydroxylation is 1. The van der Waals surface area contributed by atoms with Crippen LogP contribution in [0.3, 0.4) is 0 Å². The lowest BCUT2D eigenvalue weighted by molar-refractivity contribution is 0.0775. The van der Waals surface area contributed by atoms with Crippen LogP contribution in [0, 0.1) is 0 Å². The molecule has 0 atom stereocenters. The lowest BCUT2D eigenvalue weighted by Gasteiger charge is -2.43. The molecule has 15 nitrogen and oxygen atoms in total. The highest BCUT2D eigenvalue weighted by Crippen LogP contribution is 2.38. The first-order valence-corrected chi connectivity index (χ1v) is 18.7. The first kappa shape index (κ1) is 34.4. The van der Waals surface area contributed by atoms with Gasteiger partial charge in [-0.2, -0.15) is 4.98 Å². The maximum absolute atomic E-state index is 12.3. The molecule has 260 valence electrons. The van der Waals surface area contributed by atoms with Crippen molar-refractivity contribution in [3.8, 4) is 5.75 Å². The Labute approximate surface area is 293 Å². The standard InChI is InChI=1S/C32H39BrN10O5S/c1-4-20-17-25(27(48-2)18-26(20)42-11-7-21(8-12-42)41-13-15-43(16-14-41)32(44)45)38-31-36-19-22(33)30(39-31)37-24-6-5-23-28(35-10-9-34-23)29(24)40-49(3,46)47/h5-6,9-10,17-19,21,40H,4,7-8,11-16H2,1-3H3,(H,44,45)(H2,36,37,38,39). The van der Waals surface area contributed by atoms with Crippen molar-refractivity contribution in [2.75, 3.05) is 72.9 Å². The molecule has 0 bridgehead atoms. The molecule has 2 aliphatic rings. The Kier molecular flexibility index (Phi) is 10.2. The number of nitrogens with zero attached hydrogens (tertiary/aromatic N) is 7. The number of carbonyl (C=O) groups is 1. The number of piperidine rings is 1. The van der Waals surface area contributed by atoms with Crippen LogP contribution in [0.25, 0.3) is 11.0 Å². The van der Waals surface area contributed by atoms with Crippen molar-refractivity contribution in [3.63, 3.8) is 0 Å². The molecule has 6 rings (SSSR count). The summed E-state index contributed by atoms with van der Waals surface area (Å²) in [5, 5.41) is 15.8. The smallest absolute Gasteiger partial charge is 0.407 e. The van der Waals surface area contributed by atoms with E-state index in [-0.39, 0.29) is 5.69 Å². The highest BCUT2D eigenvalue weighted by atomic mass is 79.9. The van der Waals surface area contributed by atoms with Crippen molar-refractivity contribution in [2.24, 2.45) is 0 Å². The van der Waals surface area contributed by atoms with Crippen molar-refractivity contribution < 1.29 is 23.1 Å². The van der Waals surface area contributed by atoms with Crippen LogP contribution in [0.15, 0.2) is 47.3 Å². The van der Waals surface area contributed by atoms with Gasteiger partial charge in [0.05, 0.1) is 40.4 Å². The molecule has 17 heteroatoms. The SMILES string of the molecule is CCc1cc(Nc2ncc(Br)c(Nc3ccc4nccnc4c3NS(C)(=O)=O)n2)c(OC)cc1N1CCC(N2CCN(C(=O)O)CC2)CC1. The minimum absolute atomic E-state index is 0.253. The van der Waals surface area contributed by atoms with Crippen LogP contribution >= 0.6 is 15.9 Å². The first-order valence-electron chi connectivity index (χ1n) is 16.0. The van der Waals surface area contributed by atoms with E-state index >= 15 is 0 Å². The molecule has 2 fully saturated rings. The Balaban J connectivity index is 1.20. The summed E-state index contributed by atoms with van der Waals surface area (Å²) >= 11 is 3.51. The van der Waals surface area contributed by atoms with Gasteiger partial charge in [0.25, 0.3) is 0 Å². The number of fused-ring (bicyclic) bond motifs is 1. The first-order chi connectivity index (χ1) is 23.5. The highest BCUT2D eigenvalue weighted by Gasteiger charge is 2.30. The van der Waals surface area contributed by atoms with Crippen molar-refractivity contribution in [2.45, 2.75) is 32.2 Å². The van der Waals surface area contributed by atoms with Crippen LogP contribution in [-0.4, -0.2) is 108 Å². The summed E-state index contributed by atoms with van der Waals surface area (Å²) in [4.78, 5) is 35.4. The number of nitrogens with one attached hydrogen (secondary N) is 3. The quantitative estimate of drug-likeness (QED) is 0.172. The third kappa shape index (κ3) is 7.89. The third-order valence-corrected chi connectivity index (χ3v) is 10.0. The number of benzene rings is 2. The Morgan fingerprint density at radius 2 is 1.76 bits per heavy atom. The number of methoxy groups -OCH3 is 1. The van der Waals surface area contributed by atoms with E-state index < -0.39 is 16.1 Å². The lowest BCUT2D eigenvalue weighted by Crippen LogP contribution is -2.54. The predicted molar refractivity (Wildman–Crippen MR) is 193 cm³/mol. The maximum atomic E-state index is 12.3. The van der Waals surface area contributed by atoms with Crippen LogP contribution in [-0.2, 0) is 16.4 Å². The summed E-state index contributed by atoms with van der Waals surface area (Å²) in [5.74, 6) is 1.35. The number of amides is 1. The van der Waals surface area contributed by atoms with E-state index in [2.05, 4.69) is 75.1 Å². The zero-order valence-electron chi connectivity index (χ0n) is 27.5. The van der Waals surface area contributed by atoms with Crippen molar-refractivity contribution >= 4 is 77.6 Å². The molecule has 1 amide bonds. The number of sulfonamides is 1. The average Bonchev–Trinajstić information content (AvgIpc) is 3.10. The number of anilines is 6. The Morgan fingerprint density at radius 3 is 2.43 bits per heavy atom. The van der Waals surface area contributed by atoms with Gasteiger partial charge in [-0.25, -0.2) is 18.2 Å². The Bertz CT molecular complexity index is 1950. The number of piperazine rings is 1. The molecule has 2 aromatic carbocycles. The zero-order chi connectivity index (χ0) is 34.7. The minimum Gasteiger partial charge on any atom is -0.494 e. The second-order valence-corrected chi connectivity index (χ2v) is 14.6. The molecule has 4 aromatic rings. The predicted octanol–water partition coefficient (Wildman–Crippen LogP) is 4.88. The summed E-state index contributed by atoms with van der Waals surface area (Å²) in [6.45, 7) is 6.58. The fourth-order valence-electron chi connectivity index (χ4n) is 6.40. The Hall–Kier alpha value is -4.48. The van der Waals surface area contributed by atoms with E-state index in [0.29, 0.717) is 63.5 Å². The van der Waals surface area contributed by atoms with E-state index in [1.165, 1.54) is 11.1 Å². The van der Waals surface area contributed by atoms with Crippen molar-refractivity contribution in [1.29, 1.82) is 0 Å². The summed E-state index contributed by atoms with van der Waals surface area (Å²) in [6, 6.07) is 8.03. The number of rotatable bonds is 10. The van der Waals surface area contributed by atoms with Crippen LogP contribution in [0.2, 0.25) is 0 Å². The van der Waals surface area contributed by atoms with E-state index in [0.717, 1.165) is 62.9 Å². The molecule has 4 heterocycles. The van der Waals surface area contributed by atoms with E-state index in [1.807, 2.05) is 0 Å². The van der Waals surface area contributed by atoms with Crippen LogP contribution in [0.5, 0.6) is 5.75 Å². The summed E-state index contributed by atoms with van der Waals surface area (Å²) in [6.07, 6.45) is 7.70. The number of hydrogen-bond donors (Lipinski definition) is 4. The Morgan fingerprint density at radius 1 is 1.02 bits per heavy atom. The molecule has 0 saturated carbocycles. The van der Waals surface area contributed by atoms with Gasteiger partial charge in [-0.3, -0.25) is 19.6 Å². The number of carboxylic acid groups (broad SMARTS) is 1. The van der Waals surface area contributed by atoms with Crippen LogP contribution in [0.1, 0.15) is 25.3 Å². The molecule has 0 radical (unpaired) electrons. The molecule has 0 unspecified atom stereocenters.